The first-order valence-electron chi connectivity index (χ1n) is 11.0. The molecule has 6 nitrogen and oxygen atoms in total. The van der Waals surface area contributed by atoms with Crippen molar-refractivity contribution in [2.75, 3.05) is 26.2 Å². The van der Waals surface area contributed by atoms with Crippen molar-refractivity contribution in [3.8, 4) is 23.1 Å². The quantitative estimate of drug-likeness (QED) is 0.458. The summed E-state index contributed by atoms with van der Waals surface area (Å²) < 4.78 is 35.7. The van der Waals surface area contributed by atoms with Crippen LogP contribution in [0.1, 0.15) is 15.9 Å². The number of benzene rings is 3. The van der Waals surface area contributed by atoms with Crippen LogP contribution in [-0.4, -0.2) is 46.7 Å². The van der Waals surface area contributed by atoms with Gasteiger partial charge in [-0.1, -0.05) is 6.07 Å². The standard InChI is InChI=1S/C26H23F2N3O3/c1-16-2-3-18(28)14-23(16)34-26-24(25(33)30-12-10-29-11-13-30)21-9-8-20(32)15-22(21)31(26)19-6-4-17(27)5-7-19/h2-9,14-15,29,32H,10-13H2,1H3. The molecule has 5 rings (SSSR count). The maximum atomic E-state index is 14.1. The highest BCUT2D eigenvalue weighted by Gasteiger charge is 2.30. The monoisotopic (exact) mass is 463 g/mol. The van der Waals surface area contributed by atoms with Crippen LogP contribution in [0.3, 0.4) is 0 Å². The molecule has 1 amide bonds. The Kier molecular flexibility index (Phi) is 5.67. The van der Waals surface area contributed by atoms with E-state index in [1.807, 2.05) is 0 Å². The van der Waals surface area contributed by atoms with Crippen LogP contribution in [0.2, 0.25) is 0 Å². The topological polar surface area (TPSA) is 66.7 Å². The van der Waals surface area contributed by atoms with Crippen LogP contribution in [0.15, 0.2) is 60.7 Å². The van der Waals surface area contributed by atoms with E-state index < -0.39 is 11.6 Å². The second kappa shape index (κ2) is 8.79. The fourth-order valence-corrected chi connectivity index (χ4v) is 4.22. The number of carbonyl (C=O) groups excluding carboxylic acids is 1. The highest BCUT2D eigenvalue weighted by Crippen LogP contribution is 2.40. The highest BCUT2D eigenvalue weighted by molar-refractivity contribution is 6.10. The fraction of sp³-hybridized carbons (Fsp3) is 0.192. The zero-order valence-electron chi connectivity index (χ0n) is 18.5. The van der Waals surface area contributed by atoms with Gasteiger partial charge in [0.1, 0.15) is 28.7 Å². The Balaban J connectivity index is 1.79. The Bertz CT molecular complexity index is 1380. The molecule has 0 bridgehead atoms. The molecule has 174 valence electrons. The van der Waals surface area contributed by atoms with E-state index in [0.29, 0.717) is 53.9 Å². The smallest absolute Gasteiger partial charge is 0.260 e. The first kappa shape index (κ1) is 21.9. The second-order valence-corrected chi connectivity index (χ2v) is 8.25. The van der Waals surface area contributed by atoms with Gasteiger partial charge in [-0.3, -0.25) is 9.36 Å². The molecule has 0 saturated carbocycles. The van der Waals surface area contributed by atoms with Gasteiger partial charge >= 0.3 is 0 Å². The number of phenolic OH excluding ortho intramolecular Hbond substituents is 1. The molecule has 1 aliphatic rings. The molecule has 1 aliphatic heterocycles. The zero-order valence-corrected chi connectivity index (χ0v) is 18.5. The summed E-state index contributed by atoms with van der Waals surface area (Å²) in [6.45, 7) is 4.17. The number of amides is 1. The number of nitrogens with zero attached hydrogens (tertiary/aromatic N) is 2. The van der Waals surface area contributed by atoms with E-state index in [4.69, 9.17) is 4.74 Å². The van der Waals surface area contributed by atoms with Crippen LogP contribution in [0.25, 0.3) is 16.6 Å². The summed E-state index contributed by atoms with van der Waals surface area (Å²) in [6.07, 6.45) is 0. The van der Waals surface area contributed by atoms with Crippen molar-refractivity contribution in [1.82, 2.24) is 14.8 Å². The minimum absolute atomic E-state index is 0.00280. The van der Waals surface area contributed by atoms with Gasteiger partial charge in [0.05, 0.1) is 5.52 Å². The predicted octanol–water partition coefficient (Wildman–Crippen LogP) is 4.76. The first-order valence-corrected chi connectivity index (χ1v) is 11.0. The number of carbonyl (C=O) groups is 1. The molecule has 1 aromatic heterocycles. The number of nitrogens with one attached hydrogen (secondary N) is 1. The van der Waals surface area contributed by atoms with Gasteiger partial charge in [-0.05, 0) is 55.0 Å². The number of aromatic hydroxyl groups is 1. The lowest BCUT2D eigenvalue weighted by Crippen LogP contribution is -2.46. The Morgan fingerprint density at radius 2 is 1.68 bits per heavy atom. The second-order valence-electron chi connectivity index (χ2n) is 8.25. The average molecular weight is 463 g/mol. The number of piperazine rings is 1. The minimum Gasteiger partial charge on any atom is -0.508 e. The Hall–Kier alpha value is -3.91. The molecule has 1 fully saturated rings. The number of aromatic nitrogens is 1. The summed E-state index contributed by atoms with van der Waals surface area (Å²) in [5, 5.41) is 14.0. The third-order valence-corrected chi connectivity index (χ3v) is 5.97. The van der Waals surface area contributed by atoms with Gasteiger partial charge < -0.3 is 20.1 Å². The largest absolute Gasteiger partial charge is 0.508 e. The van der Waals surface area contributed by atoms with Crippen molar-refractivity contribution in [1.29, 1.82) is 0 Å². The number of hydrogen-bond donors (Lipinski definition) is 2. The van der Waals surface area contributed by atoms with Crippen LogP contribution in [-0.2, 0) is 0 Å². The van der Waals surface area contributed by atoms with E-state index in [9.17, 15) is 18.7 Å². The Morgan fingerprint density at radius 3 is 2.41 bits per heavy atom. The van der Waals surface area contributed by atoms with Crippen molar-refractivity contribution in [3.63, 3.8) is 0 Å². The molecule has 34 heavy (non-hydrogen) atoms. The number of rotatable bonds is 4. The molecule has 0 aliphatic carbocycles. The van der Waals surface area contributed by atoms with E-state index in [1.165, 1.54) is 36.4 Å². The van der Waals surface area contributed by atoms with Gasteiger partial charge in [0.2, 0.25) is 5.88 Å². The van der Waals surface area contributed by atoms with Crippen molar-refractivity contribution in [2.24, 2.45) is 0 Å². The molecule has 2 N–H and O–H groups in total. The summed E-state index contributed by atoms with van der Waals surface area (Å²) in [4.78, 5) is 15.5. The van der Waals surface area contributed by atoms with Gasteiger partial charge in [-0.2, -0.15) is 0 Å². The molecular weight excluding hydrogens is 440 g/mol. The molecule has 1 saturated heterocycles. The summed E-state index contributed by atoms with van der Waals surface area (Å²) in [7, 11) is 0. The van der Waals surface area contributed by atoms with Gasteiger partial charge in [0.15, 0.2) is 0 Å². The van der Waals surface area contributed by atoms with Crippen molar-refractivity contribution in [3.05, 3.63) is 83.4 Å². The molecule has 0 radical (unpaired) electrons. The molecule has 0 atom stereocenters. The number of halogens is 2. The van der Waals surface area contributed by atoms with Crippen LogP contribution in [0.4, 0.5) is 8.78 Å². The summed E-state index contributed by atoms with van der Waals surface area (Å²) in [6, 6.07) is 14.6. The number of ether oxygens (including phenoxy) is 1. The maximum absolute atomic E-state index is 14.1. The number of phenols is 1. The molecule has 0 unspecified atom stereocenters. The lowest BCUT2D eigenvalue weighted by molar-refractivity contribution is 0.0735. The Labute approximate surface area is 195 Å². The van der Waals surface area contributed by atoms with Gasteiger partial charge in [0.25, 0.3) is 5.91 Å². The molecule has 4 aromatic rings. The molecule has 3 aromatic carbocycles. The third kappa shape index (κ3) is 3.97. The van der Waals surface area contributed by atoms with Crippen LogP contribution >= 0.6 is 0 Å². The molecule has 2 heterocycles. The maximum Gasteiger partial charge on any atom is 0.260 e. The molecule has 8 heteroatoms. The van der Waals surface area contributed by atoms with E-state index in [2.05, 4.69) is 5.32 Å². The van der Waals surface area contributed by atoms with Crippen molar-refractivity contribution in [2.45, 2.75) is 6.92 Å². The van der Waals surface area contributed by atoms with E-state index >= 15 is 0 Å². The number of aryl methyl sites for hydroxylation is 1. The van der Waals surface area contributed by atoms with E-state index in [-0.39, 0.29) is 23.3 Å². The summed E-state index contributed by atoms with van der Waals surface area (Å²) >= 11 is 0. The normalized spacial score (nSPS) is 13.9. The highest BCUT2D eigenvalue weighted by atomic mass is 19.1. The summed E-state index contributed by atoms with van der Waals surface area (Å²) in [5.74, 6) is -0.694. The Morgan fingerprint density at radius 1 is 0.971 bits per heavy atom. The SMILES string of the molecule is Cc1ccc(F)cc1Oc1c(C(=O)N2CCNCC2)c2ccc(O)cc2n1-c1ccc(F)cc1. The first-order chi connectivity index (χ1) is 16.4. The van der Waals surface area contributed by atoms with Crippen LogP contribution in [0.5, 0.6) is 17.4 Å². The predicted molar refractivity (Wildman–Crippen MR) is 125 cm³/mol. The summed E-state index contributed by atoms with van der Waals surface area (Å²) in [5.41, 5.74) is 2.01. The fourth-order valence-electron chi connectivity index (χ4n) is 4.22. The zero-order chi connectivity index (χ0) is 23.8. The number of fused-ring (bicyclic) bond motifs is 1. The van der Waals surface area contributed by atoms with Gasteiger partial charge in [0, 0.05) is 49.4 Å². The minimum atomic E-state index is -0.474. The lowest BCUT2D eigenvalue weighted by Gasteiger charge is -2.27. The van der Waals surface area contributed by atoms with Gasteiger partial charge in [-0.25, -0.2) is 8.78 Å². The lowest BCUT2D eigenvalue weighted by atomic mass is 10.1. The van der Waals surface area contributed by atoms with E-state index in [1.54, 1.807) is 40.7 Å². The number of hydrogen-bond acceptors (Lipinski definition) is 4. The third-order valence-electron chi connectivity index (χ3n) is 5.97. The van der Waals surface area contributed by atoms with Crippen molar-refractivity contribution < 1.29 is 23.4 Å². The van der Waals surface area contributed by atoms with Crippen LogP contribution < -0.4 is 10.1 Å². The van der Waals surface area contributed by atoms with E-state index in [0.717, 1.165) is 0 Å². The van der Waals surface area contributed by atoms with Crippen LogP contribution in [0, 0.1) is 18.6 Å². The molecule has 0 spiro atoms. The van der Waals surface area contributed by atoms with Crippen molar-refractivity contribution >= 4 is 16.8 Å². The van der Waals surface area contributed by atoms with Gasteiger partial charge in [-0.15, -0.1) is 0 Å². The molecular formula is C26H23F2N3O3. The average Bonchev–Trinajstić information content (AvgIpc) is 3.14.